The predicted molar refractivity (Wildman–Crippen MR) is 148 cm³/mol. The number of rotatable bonds is 8. The highest BCUT2D eigenvalue weighted by molar-refractivity contribution is 6.02. The molecule has 1 spiro atoms. The van der Waals surface area contributed by atoms with E-state index in [0.29, 0.717) is 17.2 Å². The molecule has 0 aromatic heterocycles. The quantitative estimate of drug-likeness (QED) is 0.493. The van der Waals surface area contributed by atoms with Gasteiger partial charge in [0.15, 0.2) is 0 Å². The van der Waals surface area contributed by atoms with E-state index in [1.165, 1.54) is 6.42 Å². The maximum Gasteiger partial charge on any atom is 0.246 e. The molecule has 0 radical (unpaired) electrons. The first-order valence-electron chi connectivity index (χ1n) is 14.0. The molecule has 5 atom stereocenters. The Kier molecular flexibility index (Phi) is 7.00. The molecule has 2 N–H and O–H groups in total. The number of carbonyl (C=O) groups is 3. The minimum atomic E-state index is -1.21. The van der Waals surface area contributed by atoms with Gasteiger partial charge in [0.25, 0.3) is 0 Å². The van der Waals surface area contributed by atoms with E-state index in [-0.39, 0.29) is 30.3 Å². The van der Waals surface area contributed by atoms with Crippen molar-refractivity contribution in [3.63, 3.8) is 0 Å². The van der Waals surface area contributed by atoms with Gasteiger partial charge in [0.05, 0.1) is 32.2 Å². The number of nitrogens with zero attached hydrogens (tertiary/aromatic N) is 1. The second kappa shape index (κ2) is 10.6. The molecule has 40 heavy (non-hydrogen) atoms. The van der Waals surface area contributed by atoms with E-state index in [2.05, 4.69) is 10.6 Å². The standard InChI is InChI=1S/C31H35N3O6/c1-38-22-13-11-19(12-14-22)18-34-27(29(36)32-20-7-4-3-5-8-20)31-16-15-24(40-31)25(26(31)30(34)37)28(35)33-21-9-6-10-23(17-21)39-2/h6,9-17,20,24-27H,3-5,7-8,18H2,1-2H3,(H,32,36)(H,33,35)/t24-,25+,26-,27-,31+/m1/s1. The lowest BCUT2D eigenvalue weighted by Crippen LogP contribution is -2.56. The number of hydrogen-bond acceptors (Lipinski definition) is 6. The van der Waals surface area contributed by atoms with Gasteiger partial charge < -0.3 is 29.7 Å². The van der Waals surface area contributed by atoms with Crippen molar-refractivity contribution in [2.75, 3.05) is 19.5 Å². The molecule has 0 unspecified atom stereocenters. The van der Waals surface area contributed by atoms with E-state index in [0.717, 1.165) is 31.2 Å². The molecule has 2 saturated heterocycles. The van der Waals surface area contributed by atoms with E-state index in [4.69, 9.17) is 14.2 Å². The monoisotopic (exact) mass is 545 g/mol. The summed E-state index contributed by atoms with van der Waals surface area (Å²) in [5.41, 5.74) is 0.220. The summed E-state index contributed by atoms with van der Waals surface area (Å²) in [5.74, 6) is -1.06. The van der Waals surface area contributed by atoms with Crippen molar-refractivity contribution < 1.29 is 28.6 Å². The molecule has 2 bridgehead atoms. The maximum absolute atomic E-state index is 14.2. The highest BCUT2D eigenvalue weighted by Gasteiger charge is 2.72. The molecule has 3 fully saturated rings. The van der Waals surface area contributed by atoms with Crippen LogP contribution in [0.1, 0.15) is 37.7 Å². The topological polar surface area (TPSA) is 106 Å². The lowest BCUT2D eigenvalue weighted by molar-refractivity contribution is -0.142. The van der Waals surface area contributed by atoms with Crippen molar-refractivity contribution in [2.24, 2.45) is 11.8 Å². The Morgan fingerprint density at radius 2 is 1.75 bits per heavy atom. The first kappa shape index (κ1) is 26.4. The van der Waals surface area contributed by atoms with E-state index >= 15 is 0 Å². The van der Waals surface area contributed by atoms with Crippen molar-refractivity contribution in [1.29, 1.82) is 0 Å². The summed E-state index contributed by atoms with van der Waals surface area (Å²) in [6, 6.07) is 13.7. The maximum atomic E-state index is 14.2. The van der Waals surface area contributed by atoms with Crippen LogP contribution in [-0.4, -0.2) is 60.6 Å². The van der Waals surface area contributed by atoms with Crippen LogP contribution in [0.25, 0.3) is 0 Å². The molecule has 6 rings (SSSR count). The Balaban J connectivity index is 1.31. The van der Waals surface area contributed by atoms with Crippen molar-refractivity contribution >= 4 is 23.4 Å². The number of fused-ring (bicyclic) bond motifs is 1. The molecule has 1 aliphatic carbocycles. The molecule has 210 valence electrons. The fraction of sp³-hybridized carbons (Fsp3) is 0.452. The lowest BCUT2D eigenvalue weighted by Gasteiger charge is -2.34. The SMILES string of the molecule is COc1ccc(CN2C(=O)[C@H]3[C@@H](C(=O)Nc4cccc(OC)c4)[C@H]4C=C[C@@]3(O4)[C@H]2C(=O)NC2CCCCC2)cc1. The van der Waals surface area contributed by atoms with Gasteiger partial charge in [-0.1, -0.05) is 49.6 Å². The third-order valence-corrected chi connectivity index (χ3v) is 8.73. The van der Waals surface area contributed by atoms with E-state index in [1.54, 1.807) is 43.4 Å². The molecule has 4 aliphatic rings. The van der Waals surface area contributed by atoms with Crippen LogP contribution in [0.2, 0.25) is 0 Å². The molecule has 1 saturated carbocycles. The van der Waals surface area contributed by atoms with Gasteiger partial charge in [-0.15, -0.1) is 0 Å². The molecule has 9 heteroatoms. The highest BCUT2D eigenvalue weighted by Crippen LogP contribution is 2.55. The van der Waals surface area contributed by atoms with Crippen LogP contribution >= 0.6 is 0 Å². The number of benzene rings is 2. The third kappa shape index (κ3) is 4.52. The van der Waals surface area contributed by atoms with Crippen molar-refractivity contribution in [2.45, 2.75) is 62.4 Å². The number of hydrogen-bond donors (Lipinski definition) is 2. The van der Waals surface area contributed by atoms with E-state index in [1.807, 2.05) is 36.4 Å². The van der Waals surface area contributed by atoms with Crippen LogP contribution < -0.4 is 20.1 Å². The Morgan fingerprint density at radius 3 is 2.48 bits per heavy atom. The number of likely N-dealkylation sites (tertiary alicyclic amines) is 1. The fourth-order valence-corrected chi connectivity index (χ4v) is 6.82. The Labute approximate surface area is 233 Å². The Hall–Kier alpha value is -3.85. The molecular formula is C31H35N3O6. The molecular weight excluding hydrogens is 510 g/mol. The number of ether oxygens (including phenoxy) is 3. The van der Waals surface area contributed by atoms with Gasteiger partial charge in [-0.25, -0.2) is 0 Å². The Morgan fingerprint density at radius 1 is 1.00 bits per heavy atom. The second-order valence-corrected chi connectivity index (χ2v) is 11.1. The second-order valence-electron chi connectivity index (χ2n) is 11.1. The molecule has 9 nitrogen and oxygen atoms in total. The van der Waals surface area contributed by atoms with Crippen molar-refractivity contribution in [3.8, 4) is 11.5 Å². The number of amides is 3. The van der Waals surface area contributed by atoms with Gasteiger partial charge in [-0.05, 0) is 42.7 Å². The summed E-state index contributed by atoms with van der Waals surface area (Å²) in [5, 5.41) is 6.16. The van der Waals surface area contributed by atoms with Crippen molar-refractivity contribution in [3.05, 3.63) is 66.2 Å². The first-order valence-corrected chi connectivity index (χ1v) is 14.0. The van der Waals surface area contributed by atoms with E-state index < -0.39 is 29.6 Å². The van der Waals surface area contributed by atoms with Crippen LogP contribution in [0, 0.1) is 11.8 Å². The molecule has 3 amide bonds. The molecule has 2 aromatic carbocycles. The van der Waals surface area contributed by atoms with Gasteiger partial charge in [0.1, 0.15) is 23.1 Å². The zero-order valence-corrected chi connectivity index (χ0v) is 22.8. The normalized spacial score (nSPS) is 28.9. The summed E-state index contributed by atoms with van der Waals surface area (Å²) < 4.78 is 17.0. The van der Waals surface area contributed by atoms with Crippen LogP contribution in [0.3, 0.4) is 0 Å². The molecule has 2 aromatic rings. The van der Waals surface area contributed by atoms with E-state index in [9.17, 15) is 14.4 Å². The van der Waals surface area contributed by atoms with Crippen LogP contribution in [0.4, 0.5) is 5.69 Å². The molecule has 3 aliphatic heterocycles. The highest BCUT2D eigenvalue weighted by atomic mass is 16.5. The minimum absolute atomic E-state index is 0.0735. The molecule has 3 heterocycles. The number of anilines is 1. The summed E-state index contributed by atoms with van der Waals surface area (Å²) in [7, 11) is 3.16. The smallest absolute Gasteiger partial charge is 0.246 e. The average Bonchev–Trinajstić information content (AvgIpc) is 3.61. The first-order chi connectivity index (χ1) is 19.4. The number of methoxy groups -OCH3 is 2. The number of carbonyl (C=O) groups excluding carboxylic acids is 3. The van der Waals surface area contributed by atoms with Gasteiger partial charge in [-0.2, -0.15) is 0 Å². The van der Waals surface area contributed by atoms with Crippen molar-refractivity contribution in [1.82, 2.24) is 10.2 Å². The zero-order valence-electron chi connectivity index (χ0n) is 22.8. The summed E-state index contributed by atoms with van der Waals surface area (Å²) in [6.45, 7) is 0.218. The van der Waals surface area contributed by atoms with Crippen LogP contribution in [0.15, 0.2) is 60.7 Å². The summed E-state index contributed by atoms with van der Waals surface area (Å²) in [6.07, 6.45) is 8.24. The summed E-state index contributed by atoms with van der Waals surface area (Å²) in [4.78, 5) is 43.4. The third-order valence-electron chi connectivity index (χ3n) is 8.73. The fourth-order valence-electron chi connectivity index (χ4n) is 6.82. The largest absolute Gasteiger partial charge is 0.497 e. The van der Waals surface area contributed by atoms with Gasteiger partial charge in [0, 0.05) is 24.3 Å². The van der Waals surface area contributed by atoms with Gasteiger partial charge >= 0.3 is 0 Å². The number of nitrogens with one attached hydrogen (secondary N) is 2. The lowest BCUT2D eigenvalue weighted by atomic mass is 9.74. The minimum Gasteiger partial charge on any atom is -0.497 e. The van der Waals surface area contributed by atoms with Gasteiger partial charge in [0.2, 0.25) is 17.7 Å². The van der Waals surface area contributed by atoms with Gasteiger partial charge in [-0.3, -0.25) is 14.4 Å². The predicted octanol–water partition coefficient (Wildman–Crippen LogP) is 3.44. The van der Waals surface area contributed by atoms with Crippen LogP contribution in [-0.2, 0) is 25.7 Å². The van der Waals surface area contributed by atoms with Crippen LogP contribution in [0.5, 0.6) is 11.5 Å². The Bertz CT molecular complexity index is 1320. The average molecular weight is 546 g/mol. The zero-order chi connectivity index (χ0) is 27.9. The summed E-state index contributed by atoms with van der Waals surface area (Å²) >= 11 is 0.